The van der Waals surface area contributed by atoms with Crippen LogP contribution in [0.2, 0.25) is 0 Å². The van der Waals surface area contributed by atoms with Crippen LogP contribution in [0, 0.1) is 64.2 Å². The Labute approximate surface area is 226 Å². The lowest BCUT2D eigenvalue weighted by Crippen LogP contribution is -2.11. The van der Waals surface area contributed by atoms with Gasteiger partial charge in [-0.1, -0.05) is 6.07 Å². The first-order valence-corrected chi connectivity index (χ1v) is 13.8. The number of allylic oxidation sites excluding steroid dienone is 1. The Hall–Kier alpha value is -3.90. The minimum absolute atomic E-state index is 0.128. The summed E-state index contributed by atoms with van der Waals surface area (Å²) >= 11 is 3.38. The van der Waals surface area contributed by atoms with Crippen molar-refractivity contribution >= 4 is 65.3 Å². The van der Waals surface area contributed by atoms with Crippen molar-refractivity contribution in [1.82, 2.24) is 0 Å². The van der Waals surface area contributed by atoms with Gasteiger partial charge in [0.25, 0.3) is 0 Å². The average molecular weight is 518 g/mol. The fourth-order valence-electron chi connectivity index (χ4n) is 4.73. The minimum atomic E-state index is 0.128. The van der Waals surface area contributed by atoms with E-state index in [1.54, 1.807) is 28.7 Å². The Morgan fingerprint density at radius 3 is 1.73 bits per heavy atom. The second-order valence-electron chi connectivity index (χ2n) is 9.65. The molecule has 2 aromatic heterocycles. The molecule has 5 aromatic rings. The second-order valence-corrected chi connectivity index (χ2v) is 11.8. The van der Waals surface area contributed by atoms with Crippen molar-refractivity contribution in [3.8, 4) is 12.1 Å². The summed E-state index contributed by atoms with van der Waals surface area (Å²) in [6.45, 7) is 13.1. The highest BCUT2D eigenvalue weighted by molar-refractivity contribution is 7.33. The summed E-state index contributed by atoms with van der Waals surface area (Å²) < 4.78 is 3.60. The van der Waals surface area contributed by atoms with Crippen LogP contribution in [0.25, 0.3) is 25.6 Å². The fraction of sp³-hybridized carbons (Fsp3) is 0.188. The minimum Gasteiger partial charge on any atom is -0.310 e. The van der Waals surface area contributed by atoms with Gasteiger partial charge in [-0.05, 0) is 123 Å². The smallest absolute Gasteiger partial charge is 0.131 e. The zero-order valence-corrected chi connectivity index (χ0v) is 23.5. The Kier molecular flexibility index (Phi) is 6.38. The molecule has 0 radical (unpaired) electrons. The number of aryl methyl sites for hydroxylation is 4. The summed E-state index contributed by atoms with van der Waals surface area (Å²) in [5.41, 5.74) is 11.4. The van der Waals surface area contributed by atoms with Crippen LogP contribution in [0.15, 0.2) is 54.1 Å². The van der Waals surface area contributed by atoms with Crippen LogP contribution >= 0.6 is 22.7 Å². The van der Waals surface area contributed by atoms with Crippen LogP contribution in [0.4, 0.5) is 17.1 Å². The lowest BCUT2D eigenvalue weighted by molar-refractivity contribution is 1.19. The molecule has 0 spiro atoms. The summed E-state index contributed by atoms with van der Waals surface area (Å²) in [5, 5.41) is 19.4. The molecule has 182 valence electrons. The van der Waals surface area contributed by atoms with Crippen molar-refractivity contribution in [2.45, 2.75) is 41.5 Å². The van der Waals surface area contributed by atoms with Gasteiger partial charge in [-0.3, -0.25) is 0 Å². The van der Waals surface area contributed by atoms with Gasteiger partial charge in [-0.25, -0.2) is 0 Å². The monoisotopic (exact) mass is 517 g/mol. The number of hydrogen-bond donors (Lipinski definition) is 0. The van der Waals surface area contributed by atoms with Crippen LogP contribution in [0.3, 0.4) is 0 Å². The molecule has 0 saturated heterocycles. The van der Waals surface area contributed by atoms with E-state index in [2.05, 4.69) is 95.0 Å². The van der Waals surface area contributed by atoms with Crippen molar-refractivity contribution in [2.75, 3.05) is 4.90 Å². The molecule has 5 rings (SSSR count). The SMILES string of the molecule is Cc1cc(N(c2cc(C)c(C)c(C)c2)c2ccc3c(c2)sc2cc(C=C(C#N)C#N)sc23)cc(C)c1C. The van der Waals surface area contributed by atoms with Gasteiger partial charge < -0.3 is 4.90 Å². The van der Waals surface area contributed by atoms with Crippen LogP contribution in [0.1, 0.15) is 38.3 Å². The maximum Gasteiger partial charge on any atom is 0.131 e. The van der Waals surface area contributed by atoms with Gasteiger partial charge in [0, 0.05) is 36.7 Å². The quantitative estimate of drug-likeness (QED) is 0.223. The Balaban J connectivity index is 1.69. The summed E-state index contributed by atoms with van der Waals surface area (Å²) in [7, 11) is 0. The molecule has 0 aliphatic rings. The molecular weight excluding hydrogens is 491 g/mol. The highest BCUT2D eigenvalue weighted by Gasteiger charge is 2.18. The number of rotatable bonds is 4. The summed E-state index contributed by atoms with van der Waals surface area (Å²) in [6.07, 6.45) is 1.67. The molecule has 0 unspecified atom stereocenters. The lowest BCUT2D eigenvalue weighted by Gasteiger charge is -2.28. The molecular formula is C32H27N3S2. The molecule has 0 aliphatic heterocycles. The van der Waals surface area contributed by atoms with E-state index in [0.717, 1.165) is 21.9 Å². The van der Waals surface area contributed by atoms with E-state index in [1.807, 2.05) is 12.1 Å². The van der Waals surface area contributed by atoms with E-state index in [1.165, 1.54) is 52.9 Å². The van der Waals surface area contributed by atoms with E-state index in [0.29, 0.717) is 0 Å². The van der Waals surface area contributed by atoms with E-state index in [-0.39, 0.29) is 5.57 Å². The zero-order valence-electron chi connectivity index (χ0n) is 21.9. The van der Waals surface area contributed by atoms with E-state index >= 15 is 0 Å². The van der Waals surface area contributed by atoms with Gasteiger partial charge in [-0.15, -0.1) is 22.7 Å². The predicted octanol–water partition coefficient (Wildman–Crippen LogP) is 9.87. The van der Waals surface area contributed by atoms with Crippen LogP contribution in [-0.4, -0.2) is 0 Å². The van der Waals surface area contributed by atoms with Gasteiger partial charge in [-0.2, -0.15) is 10.5 Å². The standard InChI is InChI=1S/C32H27N3S2/c1-18-9-26(10-19(2)22(18)5)35(27-11-20(3)23(6)21(4)12-27)25-7-8-29-30(14-25)37-31-15-28(36-32(29)31)13-24(16-33)17-34/h7-15H,1-6H3. The van der Waals surface area contributed by atoms with Gasteiger partial charge in [0.1, 0.15) is 17.7 Å². The molecule has 0 N–H and O–H groups in total. The average Bonchev–Trinajstić information content (AvgIpc) is 3.41. The number of nitriles is 2. The molecule has 0 aliphatic carbocycles. The maximum absolute atomic E-state index is 9.12. The third-order valence-electron chi connectivity index (χ3n) is 7.27. The van der Waals surface area contributed by atoms with Crippen LogP contribution in [0.5, 0.6) is 0 Å². The maximum atomic E-state index is 9.12. The normalized spacial score (nSPS) is 10.9. The number of nitrogens with zero attached hydrogens (tertiary/aromatic N) is 3. The van der Waals surface area contributed by atoms with Gasteiger partial charge in [0.2, 0.25) is 0 Å². The highest BCUT2D eigenvalue weighted by Crippen LogP contribution is 2.44. The molecule has 37 heavy (non-hydrogen) atoms. The first-order chi connectivity index (χ1) is 17.7. The van der Waals surface area contributed by atoms with Crippen molar-refractivity contribution in [3.63, 3.8) is 0 Å². The van der Waals surface area contributed by atoms with Crippen molar-refractivity contribution in [2.24, 2.45) is 0 Å². The second kappa shape index (κ2) is 9.52. The molecule has 5 heteroatoms. The molecule has 0 bridgehead atoms. The molecule has 0 saturated carbocycles. The van der Waals surface area contributed by atoms with Crippen molar-refractivity contribution in [3.05, 3.63) is 92.4 Å². The first kappa shape index (κ1) is 24.8. The molecule has 0 atom stereocenters. The molecule has 3 nitrogen and oxygen atoms in total. The molecule has 0 amide bonds. The lowest BCUT2D eigenvalue weighted by atomic mass is 10.00. The van der Waals surface area contributed by atoms with Gasteiger partial charge in [0.15, 0.2) is 0 Å². The van der Waals surface area contributed by atoms with Gasteiger partial charge >= 0.3 is 0 Å². The topological polar surface area (TPSA) is 50.8 Å². The van der Waals surface area contributed by atoms with Gasteiger partial charge in [0.05, 0.1) is 4.70 Å². The first-order valence-electron chi connectivity index (χ1n) is 12.1. The summed E-state index contributed by atoms with van der Waals surface area (Å²) in [5.74, 6) is 0. The number of thiophene rings is 2. The number of fused-ring (bicyclic) bond motifs is 3. The summed E-state index contributed by atoms with van der Waals surface area (Å²) in [6, 6.07) is 21.8. The highest BCUT2D eigenvalue weighted by atomic mass is 32.1. The molecule has 0 fully saturated rings. The fourth-order valence-corrected chi connectivity index (χ4v) is 7.24. The van der Waals surface area contributed by atoms with Crippen LogP contribution < -0.4 is 4.90 Å². The molecule has 2 heterocycles. The Morgan fingerprint density at radius 2 is 1.22 bits per heavy atom. The van der Waals surface area contributed by atoms with Crippen LogP contribution in [-0.2, 0) is 0 Å². The number of hydrogen-bond acceptors (Lipinski definition) is 5. The molecule has 3 aromatic carbocycles. The van der Waals surface area contributed by atoms with E-state index < -0.39 is 0 Å². The zero-order chi connectivity index (χ0) is 26.4. The van der Waals surface area contributed by atoms with Crippen molar-refractivity contribution in [1.29, 1.82) is 10.5 Å². The number of anilines is 3. The Bertz CT molecular complexity index is 1700. The van der Waals surface area contributed by atoms with E-state index in [9.17, 15) is 0 Å². The summed E-state index contributed by atoms with van der Waals surface area (Å²) in [4.78, 5) is 3.30. The third-order valence-corrected chi connectivity index (χ3v) is 9.62. The largest absolute Gasteiger partial charge is 0.310 e. The van der Waals surface area contributed by atoms with E-state index in [4.69, 9.17) is 10.5 Å². The van der Waals surface area contributed by atoms with Crippen molar-refractivity contribution < 1.29 is 0 Å². The number of benzene rings is 3. The third kappa shape index (κ3) is 4.42. The Morgan fingerprint density at radius 1 is 0.676 bits per heavy atom. The predicted molar refractivity (Wildman–Crippen MR) is 160 cm³/mol.